The molecule has 0 aromatic heterocycles. The quantitative estimate of drug-likeness (QED) is 0.0345. The zero-order chi connectivity index (χ0) is 52.0. The summed E-state index contributed by atoms with van der Waals surface area (Å²) in [6.07, 6.45) is 84.5. The SMILES string of the molecule is CC/C=C\C/C=C\C/C=C\C/C=C\C/C=C\C/C=C\CCCOCC(COC(=O)CCCCCCCCCCC/C=C\CCCCCCCC)OC(=O)CCCCCCCCC/C=C\CCCCCCCC. The lowest BCUT2D eigenvalue weighted by Gasteiger charge is -2.18. The molecule has 1 unspecified atom stereocenters. The average molecular weight is 1000 g/mol. The molecule has 414 valence electrons. The average Bonchev–Trinajstić information content (AvgIpc) is 3.38. The van der Waals surface area contributed by atoms with Gasteiger partial charge in [0.05, 0.1) is 6.61 Å². The van der Waals surface area contributed by atoms with Crippen LogP contribution in [0, 0.1) is 0 Å². The molecule has 0 spiro atoms. The van der Waals surface area contributed by atoms with Gasteiger partial charge in [0.2, 0.25) is 0 Å². The Kier molecular flexibility index (Phi) is 59.4. The molecular formula is C67H116O5. The van der Waals surface area contributed by atoms with Crippen molar-refractivity contribution < 1.29 is 23.8 Å². The summed E-state index contributed by atoms with van der Waals surface area (Å²) in [5.74, 6) is -0.431. The van der Waals surface area contributed by atoms with Crippen molar-refractivity contribution in [1.29, 1.82) is 0 Å². The third-order valence-electron chi connectivity index (χ3n) is 13.1. The smallest absolute Gasteiger partial charge is 0.306 e. The fourth-order valence-electron chi connectivity index (χ4n) is 8.52. The molecular weight excluding hydrogens is 885 g/mol. The van der Waals surface area contributed by atoms with Gasteiger partial charge in [-0.1, -0.05) is 259 Å². The number of ether oxygens (including phenoxy) is 3. The fourth-order valence-corrected chi connectivity index (χ4v) is 8.52. The number of carbonyl (C=O) groups excluding carboxylic acids is 2. The molecule has 0 aromatic carbocycles. The highest BCUT2D eigenvalue weighted by Gasteiger charge is 2.17. The summed E-state index contributed by atoms with van der Waals surface area (Å²) in [7, 11) is 0. The van der Waals surface area contributed by atoms with Crippen molar-refractivity contribution in [2.75, 3.05) is 19.8 Å². The van der Waals surface area contributed by atoms with E-state index in [1.54, 1.807) is 0 Å². The third kappa shape index (κ3) is 59.4. The first kappa shape index (κ1) is 68.8. The molecule has 0 heterocycles. The molecule has 0 saturated heterocycles. The molecule has 72 heavy (non-hydrogen) atoms. The van der Waals surface area contributed by atoms with Crippen LogP contribution in [0.25, 0.3) is 0 Å². The van der Waals surface area contributed by atoms with Crippen molar-refractivity contribution in [2.45, 2.75) is 297 Å². The maximum absolute atomic E-state index is 12.9. The molecule has 0 radical (unpaired) electrons. The number of unbranched alkanes of at least 4 members (excludes halogenated alkanes) is 29. The summed E-state index contributed by atoms with van der Waals surface area (Å²) < 4.78 is 17.4. The lowest BCUT2D eigenvalue weighted by Crippen LogP contribution is -2.30. The van der Waals surface area contributed by atoms with E-state index < -0.39 is 6.10 Å². The van der Waals surface area contributed by atoms with Crippen LogP contribution in [-0.2, 0) is 23.8 Å². The highest BCUT2D eigenvalue weighted by Crippen LogP contribution is 2.15. The standard InChI is InChI=1S/C67H116O5/c1-4-7-10-13-16-19-22-25-28-31-33-35-38-41-44-47-50-53-56-59-62-70-63-65(72-67(69)61-58-55-52-49-46-43-40-36-30-27-24-21-18-15-12-9-6-3)64-71-66(68)60-57-54-51-48-45-42-39-37-34-32-29-26-23-20-17-14-11-8-5-2/h7,10,16,19,25-30,33,35,41,44,50,53,65H,4-6,8-9,11-15,17-18,20-24,31-32,34,36-40,42-43,45-49,51-52,54-64H2,1-3H3/b10-7-,19-16-,28-25-,29-26-,30-27-,35-33-,44-41-,53-50-. The molecule has 5 heteroatoms. The third-order valence-corrected chi connectivity index (χ3v) is 13.1. The minimum Gasteiger partial charge on any atom is -0.462 e. The first-order valence-corrected chi connectivity index (χ1v) is 30.8. The summed E-state index contributed by atoms with van der Waals surface area (Å²) >= 11 is 0. The summed E-state index contributed by atoms with van der Waals surface area (Å²) in [6.45, 7) is 7.59. The Morgan fingerprint density at radius 1 is 0.319 bits per heavy atom. The monoisotopic (exact) mass is 1000 g/mol. The molecule has 0 bridgehead atoms. The van der Waals surface area contributed by atoms with Crippen molar-refractivity contribution in [1.82, 2.24) is 0 Å². The highest BCUT2D eigenvalue weighted by molar-refractivity contribution is 5.70. The van der Waals surface area contributed by atoms with Crippen molar-refractivity contribution >= 4 is 11.9 Å². The molecule has 5 nitrogen and oxygen atoms in total. The van der Waals surface area contributed by atoms with Crippen molar-refractivity contribution in [2.24, 2.45) is 0 Å². The summed E-state index contributed by atoms with van der Waals surface area (Å²) in [5.41, 5.74) is 0. The van der Waals surface area contributed by atoms with Crippen LogP contribution in [0.2, 0.25) is 0 Å². The molecule has 0 N–H and O–H groups in total. The maximum Gasteiger partial charge on any atom is 0.306 e. The van der Waals surface area contributed by atoms with E-state index in [1.807, 2.05) is 0 Å². The fraction of sp³-hybridized carbons (Fsp3) is 0.731. The molecule has 1 atom stereocenters. The zero-order valence-corrected chi connectivity index (χ0v) is 47.7. The number of rotatable bonds is 56. The van der Waals surface area contributed by atoms with Gasteiger partial charge in [0, 0.05) is 19.4 Å². The minimum atomic E-state index is -0.576. The van der Waals surface area contributed by atoms with E-state index in [0.717, 1.165) is 89.9 Å². The normalized spacial score (nSPS) is 12.9. The van der Waals surface area contributed by atoms with Crippen LogP contribution >= 0.6 is 0 Å². The number of carbonyl (C=O) groups is 2. The Labute approximate surface area is 447 Å². The van der Waals surface area contributed by atoms with Crippen molar-refractivity contribution in [3.8, 4) is 0 Å². The Bertz CT molecular complexity index is 1360. The van der Waals surface area contributed by atoms with Crippen LogP contribution in [0.5, 0.6) is 0 Å². The Balaban J connectivity index is 4.38. The largest absolute Gasteiger partial charge is 0.462 e. The molecule has 0 saturated carbocycles. The second kappa shape index (κ2) is 62.1. The van der Waals surface area contributed by atoms with Crippen molar-refractivity contribution in [3.05, 3.63) is 97.2 Å². The molecule has 0 aliphatic rings. The number of allylic oxidation sites excluding steroid dienone is 16. The summed E-state index contributed by atoms with van der Waals surface area (Å²) in [5, 5.41) is 0. The van der Waals surface area contributed by atoms with Gasteiger partial charge in [-0.15, -0.1) is 0 Å². The van der Waals surface area contributed by atoms with Gasteiger partial charge in [-0.25, -0.2) is 0 Å². The van der Waals surface area contributed by atoms with Gasteiger partial charge in [0.25, 0.3) is 0 Å². The minimum absolute atomic E-state index is 0.0564. The van der Waals surface area contributed by atoms with Crippen LogP contribution in [0.1, 0.15) is 290 Å². The van der Waals surface area contributed by atoms with E-state index in [1.165, 1.54) is 167 Å². The Morgan fingerprint density at radius 2 is 0.625 bits per heavy atom. The number of hydrogen-bond acceptors (Lipinski definition) is 5. The highest BCUT2D eigenvalue weighted by atomic mass is 16.6. The van der Waals surface area contributed by atoms with Gasteiger partial charge >= 0.3 is 11.9 Å². The van der Waals surface area contributed by atoms with Gasteiger partial charge < -0.3 is 14.2 Å². The van der Waals surface area contributed by atoms with Gasteiger partial charge in [-0.2, -0.15) is 0 Å². The lowest BCUT2D eigenvalue weighted by atomic mass is 10.1. The predicted octanol–water partition coefficient (Wildman–Crippen LogP) is 21.4. The van der Waals surface area contributed by atoms with Crippen LogP contribution in [0.4, 0.5) is 0 Å². The van der Waals surface area contributed by atoms with Gasteiger partial charge in [-0.05, 0) is 116 Å². The van der Waals surface area contributed by atoms with E-state index in [0.29, 0.717) is 19.4 Å². The second-order valence-electron chi connectivity index (χ2n) is 20.2. The topological polar surface area (TPSA) is 61.8 Å². The lowest BCUT2D eigenvalue weighted by molar-refractivity contribution is -0.163. The van der Waals surface area contributed by atoms with Crippen LogP contribution in [0.3, 0.4) is 0 Å². The predicted molar refractivity (Wildman–Crippen MR) is 316 cm³/mol. The maximum atomic E-state index is 12.9. The summed E-state index contributed by atoms with van der Waals surface area (Å²) in [4.78, 5) is 25.6. The Hall–Kier alpha value is -3.18. The van der Waals surface area contributed by atoms with E-state index in [-0.39, 0.29) is 25.2 Å². The van der Waals surface area contributed by atoms with Crippen LogP contribution in [-0.4, -0.2) is 37.9 Å². The van der Waals surface area contributed by atoms with Gasteiger partial charge in [0.1, 0.15) is 6.61 Å². The van der Waals surface area contributed by atoms with Gasteiger partial charge in [-0.3, -0.25) is 9.59 Å². The van der Waals surface area contributed by atoms with E-state index in [9.17, 15) is 9.59 Å². The second-order valence-corrected chi connectivity index (χ2v) is 20.2. The number of esters is 2. The first-order valence-electron chi connectivity index (χ1n) is 30.8. The Morgan fingerprint density at radius 3 is 1.01 bits per heavy atom. The molecule has 0 amide bonds. The molecule has 0 aliphatic heterocycles. The molecule has 0 rings (SSSR count). The summed E-state index contributed by atoms with van der Waals surface area (Å²) in [6, 6.07) is 0. The van der Waals surface area contributed by atoms with Gasteiger partial charge in [0.15, 0.2) is 6.10 Å². The van der Waals surface area contributed by atoms with Crippen LogP contribution < -0.4 is 0 Å². The zero-order valence-electron chi connectivity index (χ0n) is 47.7. The number of hydrogen-bond donors (Lipinski definition) is 0. The van der Waals surface area contributed by atoms with E-state index >= 15 is 0 Å². The van der Waals surface area contributed by atoms with E-state index in [4.69, 9.17) is 14.2 Å². The van der Waals surface area contributed by atoms with E-state index in [2.05, 4.69) is 118 Å². The molecule has 0 aromatic rings. The van der Waals surface area contributed by atoms with Crippen LogP contribution in [0.15, 0.2) is 97.2 Å². The first-order chi connectivity index (χ1) is 35.6. The van der Waals surface area contributed by atoms with Crippen molar-refractivity contribution in [3.63, 3.8) is 0 Å². The molecule has 0 fully saturated rings. The molecule has 0 aliphatic carbocycles.